The largest absolute Gasteiger partial charge is 0.381 e. The van der Waals surface area contributed by atoms with E-state index in [-0.39, 0.29) is 5.60 Å². The summed E-state index contributed by atoms with van der Waals surface area (Å²) in [7, 11) is 0. The summed E-state index contributed by atoms with van der Waals surface area (Å²) in [5.74, 6) is 1.76. The molecule has 1 aromatic rings. The second-order valence-corrected chi connectivity index (χ2v) is 7.41. The molecule has 1 spiro atoms. The standard InChI is InChI=1S/C18H28N4O2/c1-4-18(15-22(7-1)17-12-19-5-6-20-17)14-21(8-11-24-18)13-16-2-9-23-10-3-16/h5-6,12,16H,1-4,7-11,13-15H2/t18-/m1/s1. The number of anilines is 1. The van der Waals surface area contributed by atoms with E-state index in [4.69, 9.17) is 9.47 Å². The molecule has 132 valence electrons. The fourth-order valence-corrected chi connectivity index (χ4v) is 4.37. The Hall–Kier alpha value is -1.24. The van der Waals surface area contributed by atoms with Gasteiger partial charge in [-0.25, -0.2) is 4.98 Å². The van der Waals surface area contributed by atoms with Gasteiger partial charge in [-0.3, -0.25) is 9.88 Å². The lowest BCUT2D eigenvalue weighted by Gasteiger charge is -2.49. The van der Waals surface area contributed by atoms with E-state index in [1.807, 2.05) is 6.20 Å². The van der Waals surface area contributed by atoms with Crippen molar-refractivity contribution in [2.24, 2.45) is 5.92 Å². The molecule has 6 heteroatoms. The molecule has 3 aliphatic heterocycles. The van der Waals surface area contributed by atoms with Crippen LogP contribution in [0.3, 0.4) is 0 Å². The van der Waals surface area contributed by atoms with Gasteiger partial charge in [0, 0.05) is 58.3 Å². The van der Waals surface area contributed by atoms with Crippen molar-refractivity contribution in [3.8, 4) is 0 Å². The highest BCUT2D eigenvalue weighted by atomic mass is 16.5. The van der Waals surface area contributed by atoms with Gasteiger partial charge in [0.2, 0.25) is 0 Å². The summed E-state index contributed by atoms with van der Waals surface area (Å²) < 4.78 is 11.8. The molecule has 3 aliphatic rings. The maximum Gasteiger partial charge on any atom is 0.147 e. The molecular formula is C18H28N4O2. The average Bonchev–Trinajstić information content (AvgIpc) is 2.63. The monoisotopic (exact) mass is 332 g/mol. The van der Waals surface area contributed by atoms with Gasteiger partial charge in [0.05, 0.1) is 18.4 Å². The number of aromatic nitrogens is 2. The summed E-state index contributed by atoms with van der Waals surface area (Å²) in [6.07, 6.45) is 10.1. The molecule has 3 saturated heterocycles. The summed E-state index contributed by atoms with van der Waals surface area (Å²) in [6, 6.07) is 0. The van der Waals surface area contributed by atoms with Gasteiger partial charge in [0.25, 0.3) is 0 Å². The molecule has 3 fully saturated rings. The Morgan fingerprint density at radius 1 is 1.12 bits per heavy atom. The Morgan fingerprint density at radius 2 is 2.04 bits per heavy atom. The molecule has 0 aromatic carbocycles. The maximum atomic E-state index is 6.32. The highest BCUT2D eigenvalue weighted by Crippen LogP contribution is 2.31. The highest BCUT2D eigenvalue weighted by molar-refractivity contribution is 5.36. The molecule has 0 amide bonds. The van der Waals surface area contributed by atoms with Crippen molar-refractivity contribution in [2.75, 3.05) is 57.4 Å². The van der Waals surface area contributed by atoms with E-state index in [0.29, 0.717) is 0 Å². The number of hydrogen-bond donors (Lipinski definition) is 0. The number of morpholine rings is 1. The predicted octanol–water partition coefficient (Wildman–Crippen LogP) is 1.57. The van der Waals surface area contributed by atoms with Gasteiger partial charge in [-0.15, -0.1) is 0 Å². The van der Waals surface area contributed by atoms with Crippen molar-refractivity contribution in [1.29, 1.82) is 0 Å². The van der Waals surface area contributed by atoms with Gasteiger partial charge in [0.15, 0.2) is 0 Å². The zero-order chi connectivity index (χ0) is 16.2. The summed E-state index contributed by atoms with van der Waals surface area (Å²) in [5, 5.41) is 0. The van der Waals surface area contributed by atoms with Crippen LogP contribution in [0.15, 0.2) is 18.6 Å². The second kappa shape index (κ2) is 7.33. The number of hydrogen-bond acceptors (Lipinski definition) is 6. The molecule has 0 unspecified atom stereocenters. The zero-order valence-electron chi connectivity index (χ0n) is 14.4. The van der Waals surface area contributed by atoms with Crippen molar-refractivity contribution in [3.05, 3.63) is 18.6 Å². The first-order valence-electron chi connectivity index (χ1n) is 9.28. The zero-order valence-corrected chi connectivity index (χ0v) is 14.4. The lowest BCUT2D eigenvalue weighted by molar-refractivity contribution is -0.118. The first-order chi connectivity index (χ1) is 11.8. The summed E-state index contributed by atoms with van der Waals surface area (Å²) in [4.78, 5) is 13.7. The van der Waals surface area contributed by atoms with Gasteiger partial charge in [-0.2, -0.15) is 0 Å². The van der Waals surface area contributed by atoms with Gasteiger partial charge in [-0.05, 0) is 31.6 Å². The highest BCUT2D eigenvalue weighted by Gasteiger charge is 2.41. The Kier molecular flexibility index (Phi) is 4.96. The Bertz CT molecular complexity index is 519. The lowest BCUT2D eigenvalue weighted by atomic mass is 9.89. The topological polar surface area (TPSA) is 50.7 Å². The molecule has 0 saturated carbocycles. The third kappa shape index (κ3) is 3.71. The van der Waals surface area contributed by atoms with Crippen molar-refractivity contribution in [3.63, 3.8) is 0 Å². The molecule has 0 N–H and O–H groups in total. The second-order valence-electron chi connectivity index (χ2n) is 7.41. The molecule has 0 bridgehead atoms. The van der Waals surface area contributed by atoms with Crippen molar-refractivity contribution < 1.29 is 9.47 Å². The molecule has 4 heterocycles. The summed E-state index contributed by atoms with van der Waals surface area (Å²) >= 11 is 0. The van der Waals surface area contributed by atoms with Gasteiger partial charge in [0.1, 0.15) is 5.82 Å². The first-order valence-corrected chi connectivity index (χ1v) is 9.28. The minimum absolute atomic E-state index is 0.0425. The van der Waals surface area contributed by atoms with E-state index < -0.39 is 0 Å². The van der Waals surface area contributed by atoms with Gasteiger partial charge >= 0.3 is 0 Å². The molecule has 1 aromatic heterocycles. The van der Waals surface area contributed by atoms with E-state index in [2.05, 4.69) is 19.8 Å². The van der Waals surface area contributed by atoms with Crippen LogP contribution in [0.4, 0.5) is 5.82 Å². The third-order valence-corrected chi connectivity index (χ3v) is 5.60. The van der Waals surface area contributed by atoms with E-state index in [9.17, 15) is 0 Å². The smallest absolute Gasteiger partial charge is 0.147 e. The van der Waals surface area contributed by atoms with E-state index in [1.54, 1.807) is 12.4 Å². The average molecular weight is 332 g/mol. The van der Waals surface area contributed by atoms with Crippen LogP contribution in [0, 0.1) is 5.92 Å². The maximum absolute atomic E-state index is 6.32. The number of rotatable bonds is 3. The molecule has 0 radical (unpaired) electrons. The molecule has 0 aliphatic carbocycles. The number of nitrogens with zero attached hydrogens (tertiary/aromatic N) is 4. The van der Waals surface area contributed by atoms with Crippen LogP contribution in [0.2, 0.25) is 0 Å². The SMILES string of the molecule is c1cnc(N2CCC[C@@]3(CN(CC4CCOCC4)CCO3)C2)cn1. The van der Waals surface area contributed by atoms with E-state index in [1.165, 1.54) is 19.4 Å². The fraction of sp³-hybridized carbons (Fsp3) is 0.778. The number of piperidine rings is 1. The molecule has 4 rings (SSSR count). The van der Waals surface area contributed by atoms with Crippen molar-refractivity contribution >= 4 is 5.82 Å². The quantitative estimate of drug-likeness (QED) is 0.837. The summed E-state index contributed by atoms with van der Waals surface area (Å²) in [5.41, 5.74) is -0.0425. The Labute approximate surface area is 144 Å². The van der Waals surface area contributed by atoms with Crippen LogP contribution in [-0.4, -0.2) is 73.0 Å². The Morgan fingerprint density at radius 3 is 2.88 bits per heavy atom. The van der Waals surface area contributed by atoms with Crippen LogP contribution in [0.25, 0.3) is 0 Å². The minimum atomic E-state index is -0.0425. The first kappa shape index (κ1) is 16.2. The molecular weight excluding hydrogens is 304 g/mol. The van der Waals surface area contributed by atoms with Crippen molar-refractivity contribution in [2.45, 2.75) is 31.3 Å². The van der Waals surface area contributed by atoms with E-state index >= 15 is 0 Å². The Balaban J connectivity index is 1.40. The molecule has 24 heavy (non-hydrogen) atoms. The van der Waals surface area contributed by atoms with Crippen molar-refractivity contribution in [1.82, 2.24) is 14.9 Å². The van der Waals surface area contributed by atoms with Gasteiger partial charge < -0.3 is 14.4 Å². The number of ether oxygens (including phenoxy) is 2. The van der Waals surface area contributed by atoms with Crippen LogP contribution < -0.4 is 4.90 Å². The molecule has 1 atom stereocenters. The van der Waals surface area contributed by atoms with Crippen LogP contribution in [-0.2, 0) is 9.47 Å². The molecule has 6 nitrogen and oxygen atoms in total. The predicted molar refractivity (Wildman–Crippen MR) is 92.1 cm³/mol. The summed E-state index contributed by atoms with van der Waals surface area (Å²) in [6.45, 7) is 7.98. The third-order valence-electron chi connectivity index (χ3n) is 5.60. The fourth-order valence-electron chi connectivity index (χ4n) is 4.37. The van der Waals surface area contributed by atoms with E-state index in [0.717, 1.165) is 70.6 Å². The van der Waals surface area contributed by atoms with Crippen LogP contribution in [0.1, 0.15) is 25.7 Å². The lowest BCUT2D eigenvalue weighted by Crippen LogP contribution is -2.60. The van der Waals surface area contributed by atoms with Gasteiger partial charge in [-0.1, -0.05) is 0 Å². The van der Waals surface area contributed by atoms with Crippen LogP contribution in [0.5, 0.6) is 0 Å². The minimum Gasteiger partial charge on any atom is -0.381 e. The normalized spacial score (nSPS) is 29.9. The van der Waals surface area contributed by atoms with Crippen LogP contribution >= 0.6 is 0 Å².